The maximum atomic E-state index is 4.65. The first-order valence-electron chi connectivity index (χ1n) is 11.2. The molecule has 1 unspecified atom stereocenters. The van der Waals surface area contributed by atoms with Gasteiger partial charge in [-0.3, -0.25) is 4.68 Å². The second-order valence-corrected chi connectivity index (χ2v) is 8.31. The van der Waals surface area contributed by atoms with Crippen LogP contribution >= 0.6 is 0 Å². The zero-order valence-electron chi connectivity index (χ0n) is 17.1. The molecule has 0 aliphatic heterocycles. The first-order chi connectivity index (χ1) is 13.9. The van der Waals surface area contributed by atoms with Crippen LogP contribution in [0.2, 0.25) is 0 Å². The third-order valence-corrected chi connectivity index (χ3v) is 6.43. The lowest BCUT2D eigenvalue weighted by atomic mass is 9.96. The SMILES string of the molecule is C1CCCCC1.CCC(C1CCCC1)n1cc(-c2ncnc3[nH]ccc23)cn1. The van der Waals surface area contributed by atoms with Gasteiger partial charge in [0.05, 0.1) is 17.9 Å². The van der Waals surface area contributed by atoms with Crippen LogP contribution in [0.3, 0.4) is 0 Å². The molecule has 5 nitrogen and oxygen atoms in total. The zero-order valence-corrected chi connectivity index (χ0v) is 17.1. The van der Waals surface area contributed by atoms with E-state index in [2.05, 4.69) is 37.9 Å². The van der Waals surface area contributed by atoms with Crippen molar-refractivity contribution in [3.8, 4) is 11.3 Å². The highest BCUT2D eigenvalue weighted by Crippen LogP contribution is 2.36. The first kappa shape index (κ1) is 19.2. The average molecular weight is 380 g/mol. The number of nitrogens with one attached hydrogen (secondary N) is 1. The Morgan fingerprint density at radius 1 is 1.04 bits per heavy atom. The van der Waals surface area contributed by atoms with Gasteiger partial charge in [-0.2, -0.15) is 5.10 Å². The van der Waals surface area contributed by atoms with Crippen LogP contribution in [0.15, 0.2) is 31.0 Å². The topological polar surface area (TPSA) is 59.4 Å². The van der Waals surface area contributed by atoms with Gasteiger partial charge in [0.2, 0.25) is 0 Å². The minimum atomic E-state index is 0.514. The van der Waals surface area contributed by atoms with Crippen LogP contribution in [0.25, 0.3) is 22.3 Å². The summed E-state index contributed by atoms with van der Waals surface area (Å²) in [6.07, 6.45) is 23.1. The number of aromatic nitrogens is 5. The molecule has 0 bridgehead atoms. The van der Waals surface area contributed by atoms with E-state index in [1.165, 1.54) is 64.2 Å². The zero-order chi connectivity index (χ0) is 19.2. The van der Waals surface area contributed by atoms with Crippen molar-refractivity contribution in [2.45, 2.75) is 83.6 Å². The average Bonchev–Trinajstić information content (AvgIpc) is 3.52. The van der Waals surface area contributed by atoms with E-state index in [4.69, 9.17) is 0 Å². The van der Waals surface area contributed by atoms with Gasteiger partial charge in [0.25, 0.3) is 0 Å². The Kier molecular flexibility index (Phi) is 6.40. The van der Waals surface area contributed by atoms with Gasteiger partial charge in [-0.05, 0) is 31.2 Å². The predicted molar refractivity (Wildman–Crippen MR) is 114 cm³/mol. The van der Waals surface area contributed by atoms with Gasteiger partial charge in [-0.1, -0.05) is 58.3 Å². The van der Waals surface area contributed by atoms with Crippen molar-refractivity contribution in [3.63, 3.8) is 0 Å². The highest BCUT2D eigenvalue weighted by atomic mass is 15.3. The van der Waals surface area contributed by atoms with Gasteiger partial charge in [-0.15, -0.1) is 0 Å². The van der Waals surface area contributed by atoms with E-state index in [1.807, 2.05) is 18.5 Å². The summed E-state index contributed by atoms with van der Waals surface area (Å²) in [4.78, 5) is 11.9. The maximum absolute atomic E-state index is 4.65. The van der Waals surface area contributed by atoms with Crippen molar-refractivity contribution >= 4 is 11.0 Å². The molecule has 1 N–H and O–H groups in total. The number of hydrogen-bond donors (Lipinski definition) is 1. The molecule has 0 saturated heterocycles. The summed E-state index contributed by atoms with van der Waals surface area (Å²) in [5.41, 5.74) is 2.91. The molecule has 3 aromatic heterocycles. The van der Waals surface area contributed by atoms with Crippen LogP contribution in [0, 0.1) is 5.92 Å². The Morgan fingerprint density at radius 2 is 1.75 bits per heavy atom. The molecule has 150 valence electrons. The Balaban J connectivity index is 0.000000275. The Hall–Kier alpha value is -2.17. The lowest BCUT2D eigenvalue weighted by molar-refractivity contribution is 0.301. The summed E-state index contributed by atoms with van der Waals surface area (Å²) in [6.45, 7) is 2.26. The quantitative estimate of drug-likeness (QED) is 0.578. The summed E-state index contributed by atoms with van der Waals surface area (Å²) in [5, 5.41) is 5.70. The van der Waals surface area contributed by atoms with E-state index in [-0.39, 0.29) is 0 Å². The van der Waals surface area contributed by atoms with Gasteiger partial charge >= 0.3 is 0 Å². The molecule has 5 rings (SSSR count). The van der Waals surface area contributed by atoms with Crippen molar-refractivity contribution < 1.29 is 0 Å². The molecule has 0 radical (unpaired) electrons. The largest absolute Gasteiger partial charge is 0.346 e. The summed E-state index contributed by atoms with van der Waals surface area (Å²) < 4.78 is 2.16. The molecule has 0 aromatic carbocycles. The number of fused-ring (bicyclic) bond motifs is 1. The molecule has 2 aliphatic carbocycles. The second-order valence-electron chi connectivity index (χ2n) is 8.31. The van der Waals surface area contributed by atoms with E-state index in [9.17, 15) is 0 Å². The fraction of sp³-hybridized carbons (Fsp3) is 0.609. The molecule has 28 heavy (non-hydrogen) atoms. The van der Waals surface area contributed by atoms with Crippen LogP contribution in [-0.2, 0) is 0 Å². The van der Waals surface area contributed by atoms with Gasteiger partial charge in [0.15, 0.2) is 0 Å². The number of H-pyrrole nitrogens is 1. The van der Waals surface area contributed by atoms with Crippen LogP contribution < -0.4 is 0 Å². The molecule has 3 heterocycles. The maximum Gasteiger partial charge on any atom is 0.141 e. The summed E-state index contributed by atoms with van der Waals surface area (Å²) >= 11 is 0. The minimum Gasteiger partial charge on any atom is -0.346 e. The fourth-order valence-electron chi connectivity index (χ4n) is 4.88. The lowest BCUT2D eigenvalue weighted by Crippen LogP contribution is -2.17. The van der Waals surface area contributed by atoms with E-state index >= 15 is 0 Å². The third-order valence-electron chi connectivity index (χ3n) is 6.43. The second kappa shape index (κ2) is 9.35. The lowest BCUT2D eigenvalue weighted by Gasteiger charge is -2.22. The van der Waals surface area contributed by atoms with Gasteiger partial charge in [-0.25, -0.2) is 9.97 Å². The normalized spacial score (nSPS) is 18.8. The monoisotopic (exact) mass is 379 g/mol. The highest BCUT2D eigenvalue weighted by Gasteiger charge is 2.26. The van der Waals surface area contributed by atoms with Gasteiger partial charge in [0.1, 0.15) is 12.0 Å². The van der Waals surface area contributed by atoms with Crippen molar-refractivity contribution in [2.24, 2.45) is 5.92 Å². The molecule has 2 fully saturated rings. The third kappa shape index (κ3) is 4.29. The molecule has 3 aromatic rings. The molecule has 5 heteroatoms. The fourth-order valence-corrected chi connectivity index (χ4v) is 4.88. The first-order valence-corrected chi connectivity index (χ1v) is 11.2. The summed E-state index contributed by atoms with van der Waals surface area (Å²) in [7, 11) is 0. The Morgan fingerprint density at radius 3 is 2.43 bits per heavy atom. The number of hydrogen-bond acceptors (Lipinski definition) is 3. The number of nitrogens with zero attached hydrogens (tertiary/aromatic N) is 4. The molecule has 2 saturated carbocycles. The highest BCUT2D eigenvalue weighted by molar-refractivity contribution is 5.89. The predicted octanol–water partition coefficient (Wildman–Crippen LogP) is 6.30. The van der Waals surface area contributed by atoms with Gasteiger partial charge in [0, 0.05) is 23.3 Å². The van der Waals surface area contributed by atoms with E-state index < -0.39 is 0 Å². The molecule has 1 atom stereocenters. The van der Waals surface area contributed by atoms with Crippen LogP contribution in [0.4, 0.5) is 0 Å². The van der Waals surface area contributed by atoms with E-state index in [0.717, 1.165) is 34.6 Å². The molecular weight excluding hydrogens is 346 g/mol. The smallest absolute Gasteiger partial charge is 0.141 e. The van der Waals surface area contributed by atoms with E-state index in [0.29, 0.717) is 6.04 Å². The Bertz CT molecular complexity index is 843. The molecule has 0 amide bonds. The summed E-state index contributed by atoms with van der Waals surface area (Å²) in [5.74, 6) is 0.774. The van der Waals surface area contributed by atoms with Crippen molar-refractivity contribution in [1.82, 2.24) is 24.7 Å². The molecule has 2 aliphatic rings. The van der Waals surface area contributed by atoms with Crippen LogP contribution in [-0.4, -0.2) is 24.7 Å². The number of rotatable bonds is 4. The number of aromatic amines is 1. The summed E-state index contributed by atoms with van der Waals surface area (Å²) in [6, 6.07) is 2.54. The molecule has 0 spiro atoms. The molecular formula is C23H33N5. The van der Waals surface area contributed by atoms with E-state index in [1.54, 1.807) is 6.33 Å². The van der Waals surface area contributed by atoms with Crippen molar-refractivity contribution in [2.75, 3.05) is 0 Å². The van der Waals surface area contributed by atoms with Crippen molar-refractivity contribution in [1.29, 1.82) is 0 Å². The van der Waals surface area contributed by atoms with Gasteiger partial charge < -0.3 is 4.98 Å². The minimum absolute atomic E-state index is 0.514. The van der Waals surface area contributed by atoms with Crippen LogP contribution in [0.5, 0.6) is 0 Å². The van der Waals surface area contributed by atoms with Crippen LogP contribution in [0.1, 0.15) is 83.6 Å². The van der Waals surface area contributed by atoms with Crippen molar-refractivity contribution in [3.05, 3.63) is 31.0 Å². The Labute approximate surface area is 168 Å². The standard InChI is InChI=1S/C17H21N5.C6H12/c1-2-15(12-5-3-4-6-12)22-10-13(9-21-22)16-14-7-8-18-17(14)20-11-19-16;1-2-4-6-5-3-1/h7-12,15H,2-6H2,1H3,(H,18,19,20);1-6H2.